The van der Waals surface area contributed by atoms with Crippen LogP contribution in [0.5, 0.6) is 5.75 Å². The molecule has 0 bridgehead atoms. The molecule has 0 aromatic heterocycles. The Kier molecular flexibility index (Phi) is 3.29. The number of phenolic OH excluding ortho intramolecular Hbond substituents is 1. The van der Waals surface area contributed by atoms with Gasteiger partial charge in [0.25, 0.3) is 0 Å². The number of benzene rings is 1. The number of rotatable bonds is 2. The van der Waals surface area contributed by atoms with Gasteiger partial charge in [-0.1, -0.05) is 31.9 Å². The van der Waals surface area contributed by atoms with Crippen LogP contribution in [0.25, 0.3) is 0 Å². The summed E-state index contributed by atoms with van der Waals surface area (Å²) in [4.78, 5) is 11.1. The number of Topliss-reactive ketones (excluding diaryl/α,β-unsaturated/α-hetero) is 1. The predicted molar refractivity (Wildman–Crippen MR) is 53.9 cm³/mol. The Bertz CT molecular complexity index is 310. The zero-order valence-electron chi connectivity index (χ0n) is 6.05. The standard InChI is InChI=1S/C8H6Br2O2/c9-4-8(12)6-2-1-5(10)3-7(6)11/h1-3,11H,4H2. The van der Waals surface area contributed by atoms with Crippen molar-refractivity contribution in [2.45, 2.75) is 0 Å². The van der Waals surface area contributed by atoms with Crippen LogP contribution >= 0.6 is 31.9 Å². The van der Waals surface area contributed by atoms with Crippen molar-refractivity contribution in [2.75, 3.05) is 5.33 Å². The van der Waals surface area contributed by atoms with Crippen molar-refractivity contribution in [3.8, 4) is 5.75 Å². The first-order valence-electron chi connectivity index (χ1n) is 3.23. The van der Waals surface area contributed by atoms with Crippen LogP contribution in [0.1, 0.15) is 10.4 Å². The van der Waals surface area contributed by atoms with Gasteiger partial charge in [0.05, 0.1) is 10.9 Å². The maximum atomic E-state index is 11.1. The summed E-state index contributed by atoms with van der Waals surface area (Å²) in [5.41, 5.74) is 0.343. The monoisotopic (exact) mass is 292 g/mol. The summed E-state index contributed by atoms with van der Waals surface area (Å²) in [5.74, 6) is -0.117. The molecule has 1 aromatic carbocycles. The highest BCUT2D eigenvalue weighted by molar-refractivity contribution is 9.10. The number of ketones is 1. The zero-order chi connectivity index (χ0) is 9.14. The van der Waals surface area contributed by atoms with Gasteiger partial charge in [-0.15, -0.1) is 0 Å². The molecule has 12 heavy (non-hydrogen) atoms. The van der Waals surface area contributed by atoms with Gasteiger partial charge in [-0.25, -0.2) is 0 Å². The van der Waals surface area contributed by atoms with Crippen molar-refractivity contribution in [1.29, 1.82) is 0 Å². The first-order valence-corrected chi connectivity index (χ1v) is 5.14. The van der Waals surface area contributed by atoms with E-state index in [1.807, 2.05) is 0 Å². The van der Waals surface area contributed by atoms with E-state index < -0.39 is 0 Å². The second kappa shape index (κ2) is 4.05. The zero-order valence-corrected chi connectivity index (χ0v) is 9.22. The van der Waals surface area contributed by atoms with Crippen molar-refractivity contribution in [3.63, 3.8) is 0 Å². The van der Waals surface area contributed by atoms with Crippen LogP contribution in [-0.2, 0) is 0 Å². The SMILES string of the molecule is O=C(CBr)c1ccc(Br)cc1O. The Hall–Kier alpha value is -0.350. The summed E-state index contributed by atoms with van der Waals surface area (Å²) in [6, 6.07) is 4.80. The molecule has 1 N–H and O–H groups in total. The highest BCUT2D eigenvalue weighted by atomic mass is 79.9. The van der Waals surface area contributed by atoms with Crippen LogP contribution in [0.4, 0.5) is 0 Å². The Labute approximate surface area is 86.9 Å². The minimum atomic E-state index is -0.125. The van der Waals surface area contributed by atoms with Crippen LogP contribution in [-0.4, -0.2) is 16.2 Å². The molecule has 0 saturated carbocycles. The topological polar surface area (TPSA) is 37.3 Å². The van der Waals surface area contributed by atoms with E-state index in [1.54, 1.807) is 12.1 Å². The quantitative estimate of drug-likeness (QED) is 0.672. The lowest BCUT2D eigenvalue weighted by Crippen LogP contribution is -1.99. The molecule has 0 atom stereocenters. The predicted octanol–water partition coefficient (Wildman–Crippen LogP) is 2.73. The third-order valence-electron chi connectivity index (χ3n) is 1.38. The van der Waals surface area contributed by atoms with E-state index in [4.69, 9.17) is 0 Å². The molecule has 0 heterocycles. The van der Waals surface area contributed by atoms with E-state index in [0.717, 1.165) is 4.47 Å². The minimum absolute atomic E-state index is 0.00817. The summed E-state index contributed by atoms with van der Waals surface area (Å²) in [7, 11) is 0. The van der Waals surface area contributed by atoms with E-state index >= 15 is 0 Å². The van der Waals surface area contributed by atoms with Crippen molar-refractivity contribution >= 4 is 37.6 Å². The molecule has 2 nitrogen and oxygen atoms in total. The van der Waals surface area contributed by atoms with Crippen molar-refractivity contribution in [2.24, 2.45) is 0 Å². The lowest BCUT2D eigenvalue weighted by Gasteiger charge is -2.00. The Morgan fingerprint density at radius 2 is 2.17 bits per heavy atom. The number of hydrogen-bond donors (Lipinski definition) is 1. The molecule has 0 aliphatic carbocycles. The lowest BCUT2D eigenvalue weighted by molar-refractivity contribution is 0.102. The fraction of sp³-hybridized carbons (Fsp3) is 0.125. The first kappa shape index (κ1) is 9.74. The summed E-state index contributed by atoms with van der Waals surface area (Å²) in [5, 5.41) is 9.55. The molecule has 1 aromatic rings. The number of carbonyl (C=O) groups is 1. The first-order chi connectivity index (χ1) is 5.65. The van der Waals surface area contributed by atoms with Gasteiger partial charge in [0, 0.05) is 4.47 Å². The molecule has 0 unspecified atom stereocenters. The molecule has 0 fully saturated rings. The van der Waals surface area contributed by atoms with Crippen molar-refractivity contribution in [3.05, 3.63) is 28.2 Å². The number of alkyl halides is 1. The van der Waals surface area contributed by atoms with Crippen molar-refractivity contribution < 1.29 is 9.90 Å². The maximum absolute atomic E-state index is 11.1. The second-order valence-corrected chi connectivity index (χ2v) is 3.69. The number of hydrogen-bond acceptors (Lipinski definition) is 2. The highest BCUT2D eigenvalue weighted by Crippen LogP contribution is 2.22. The molecule has 1 rings (SSSR count). The smallest absolute Gasteiger partial charge is 0.177 e. The lowest BCUT2D eigenvalue weighted by atomic mass is 10.1. The number of aromatic hydroxyl groups is 1. The summed E-state index contributed by atoms with van der Waals surface area (Å²) >= 11 is 6.22. The fourth-order valence-electron chi connectivity index (χ4n) is 0.813. The van der Waals surface area contributed by atoms with Gasteiger partial charge in [-0.3, -0.25) is 4.79 Å². The van der Waals surface area contributed by atoms with Gasteiger partial charge in [-0.05, 0) is 18.2 Å². The largest absolute Gasteiger partial charge is 0.507 e. The van der Waals surface area contributed by atoms with Gasteiger partial charge >= 0.3 is 0 Å². The minimum Gasteiger partial charge on any atom is -0.507 e. The molecular formula is C8H6Br2O2. The fourth-order valence-corrected chi connectivity index (χ4v) is 1.46. The molecule has 0 amide bonds. The molecule has 4 heteroatoms. The second-order valence-electron chi connectivity index (χ2n) is 2.22. The van der Waals surface area contributed by atoms with E-state index in [9.17, 15) is 9.90 Å². The van der Waals surface area contributed by atoms with Crippen LogP contribution in [0.15, 0.2) is 22.7 Å². The van der Waals surface area contributed by atoms with E-state index in [0.29, 0.717) is 5.56 Å². The third-order valence-corrected chi connectivity index (χ3v) is 2.38. The van der Waals surface area contributed by atoms with Gasteiger partial charge in [0.2, 0.25) is 0 Å². The number of halogens is 2. The van der Waals surface area contributed by atoms with Crippen LogP contribution in [0.2, 0.25) is 0 Å². The van der Waals surface area contributed by atoms with Crippen LogP contribution in [0, 0.1) is 0 Å². The highest BCUT2D eigenvalue weighted by Gasteiger charge is 2.08. The molecule has 0 aliphatic heterocycles. The summed E-state index contributed by atoms with van der Waals surface area (Å²) in [6.45, 7) is 0. The van der Waals surface area contributed by atoms with Crippen LogP contribution in [0.3, 0.4) is 0 Å². The Balaban J connectivity index is 3.09. The Morgan fingerprint density at radius 3 is 2.67 bits per heavy atom. The van der Waals surface area contributed by atoms with Gasteiger partial charge in [0.1, 0.15) is 5.75 Å². The van der Waals surface area contributed by atoms with Crippen molar-refractivity contribution in [1.82, 2.24) is 0 Å². The summed E-state index contributed by atoms with van der Waals surface area (Å²) < 4.78 is 0.756. The molecule has 0 spiro atoms. The molecule has 0 saturated heterocycles. The number of carbonyl (C=O) groups excluding carboxylic acids is 1. The van der Waals surface area contributed by atoms with E-state index in [1.165, 1.54) is 6.07 Å². The van der Waals surface area contributed by atoms with Crippen LogP contribution < -0.4 is 0 Å². The third kappa shape index (κ3) is 2.08. The van der Waals surface area contributed by atoms with Gasteiger partial charge in [-0.2, -0.15) is 0 Å². The van der Waals surface area contributed by atoms with Gasteiger partial charge < -0.3 is 5.11 Å². The van der Waals surface area contributed by atoms with E-state index in [2.05, 4.69) is 31.9 Å². The maximum Gasteiger partial charge on any atom is 0.177 e. The number of phenols is 1. The van der Waals surface area contributed by atoms with Gasteiger partial charge in [0.15, 0.2) is 5.78 Å². The molecule has 64 valence electrons. The molecule has 0 aliphatic rings. The summed E-state index contributed by atoms with van der Waals surface area (Å²) in [6.07, 6.45) is 0. The normalized spacial score (nSPS) is 9.83. The average Bonchev–Trinajstić information content (AvgIpc) is 2.03. The Morgan fingerprint density at radius 1 is 1.50 bits per heavy atom. The molecule has 0 radical (unpaired) electrons. The van der Waals surface area contributed by atoms with E-state index in [-0.39, 0.29) is 16.9 Å². The average molecular weight is 294 g/mol. The molecular weight excluding hydrogens is 288 g/mol.